The molecule has 362 valence electrons. The second-order valence-corrected chi connectivity index (χ2v) is 21.9. The van der Waals surface area contributed by atoms with Crippen molar-refractivity contribution in [3.63, 3.8) is 0 Å². The minimum atomic E-state index is -0.0204. The number of fused-ring (bicyclic) bond motifs is 3. The first-order valence-electron chi connectivity index (χ1n) is 26.1. The molecule has 0 aliphatic heterocycles. The number of hydrogen-bond donors (Lipinski definition) is 0. The Morgan fingerprint density at radius 2 is 0.613 bits per heavy atom. The van der Waals surface area contributed by atoms with E-state index in [1.165, 1.54) is 49.7 Å². The maximum Gasteiger partial charge on any atom is 0.160 e. The highest BCUT2D eigenvalue weighted by molar-refractivity contribution is 6.13. The maximum absolute atomic E-state index is 5.52. The van der Waals surface area contributed by atoms with Gasteiger partial charge in [-0.25, -0.2) is 9.97 Å². The van der Waals surface area contributed by atoms with Gasteiger partial charge in [0.25, 0.3) is 0 Å². The lowest BCUT2D eigenvalue weighted by Crippen LogP contribution is -2.10. The molecule has 0 fully saturated rings. The van der Waals surface area contributed by atoms with Gasteiger partial charge in [0, 0.05) is 38.6 Å². The van der Waals surface area contributed by atoms with E-state index in [1.54, 1.807) is 0 Å². The van der Waals surface area contributed by atoms with E-state index >= 15 is 0 Å². The summed E-state index contributed by atoms with van der Waals surface area (Å²) in [7, 11) is 0. The van der Waals surface area contributed by atoms with Crippen LogP contribution < -0.4 is 0 Å². The van der Waals surface area contributed by atoms with E-state index in [0.29, 0.717) is 5.82 Å². The Labute approximate surface area is 441 Å². The van der Waals surface area contributed by atoms with Gasteiger partial charge in [0.05, 0.1) is 28.1 Å². The van der Waals surface area contributed by atoms with Crippen LogP contribution in [-0.4, -0.2) is 14.5 Å². The molecule has 10 aromatic carbocycles. The zero-order valence-corrected chi connectivity index (χ0v) is 43.5. The Morgan fingerprint density at radius 3 is 1.03 bits per heavy atom. The van der Waals surface area contributed by atoms with Crippen LogP contribution in [0.4, 0.5) is 0 Å². The predicted octanol–water partition coefficient (Wildman–Crippen LogP) is 19.5. The monoisotopic (exact) mass is 965 g/mol. The Balaban J connectivity index is 1.17. The molecule has 3 heteroatoms. The first-order chi connectivity index (χ1) is 36.4. The van der Waals surface area contributed by atoms with E-state index in [0.717, 1.165) is 72.6 Å². The lowest BCUT2D eigenvalue weighted by Gasteiger charge is -2.23. The quantitative estimate of drug-likeness (QED) is 0.144. The second kappa shape index (κ2) is 19.2. The largest absolute Gasteiger partial charge is 0.308 e. The molecule has 0 spiro atoms. The molecule has 2 aromatic heterocycles. The topological polar surface area (TPSA) is 30.7 Å². The molecule has 12 aromatic rings. The van der Waals surface area contributed by atoms with Gasteiger partial charge in [-0.1, -0.05) is 248 Å². The smallest absolute Gasteiger partial charge is 0.160 e. The molecule has 3 nitrogen and oxygen atoms in total. The van der Waals surface area contributed by atoms with Crippen molar-refractivity contribution in [3.8, 4) is 95.2 Å². The van der Waals surface area contributed by atoms with Crippen LogP contribution in [0.3, 0.4) is 0 Å². The fraction of sp³-hybridized carbons (Fsp3) is 0.111. The summed E-state index contributed by atoms with van der Waals surface area (Å²) >= 11 is 0. The molecule has 0 unspecified atom stereocenters. The summed E-state index contributed by atoms with van der Waals surface area (Å²) < 4.78 is 2.53. The van der Waals surface area contributed by atoms with Crippen LogP contribution in [0.25, 0.3) is 117 Å². The molecule has 0 radical (unpaired) electrons. The summed E-state index contributed by atoms with van der Waals surface area (Å²) in [6.45, 7) is 13.7. The molecule has 0 saturated heterocycles. The van der Waals surface area contributed by atoms with Crippen LogP contribution >= 0.6 is 0 Å². The van der Waals surface area contributed by atoms with Gasteiger partial charge in [0.2, 0.25) is 0 Å². The Hall–Kier alpha value is -8.92. The van der Waals surface area contributed by atoms with Gasteiger partial charge < -0.3 is 4.57 Å². The van der Waals surface area contributed by atoms with Gasteiger partial charge in [-0.2, -0.15) is 0 Å². The van der Waals surface area contributed by atoms with Crippen LogP contribution in [0.2, 0.25) is 0 Å². The molecular weight excluding hydrogens is 907 g/mol. The van der Waals surface area contributed by atoms with Crippen LogP contribution in [0.5, 0.6) is 0 Å². The van der Waals surface area contributed by atoms with Crippen LogP contribution in [0.15, 0.2) is 249 Å². The Morgan fingerprint density at radius 1 is 0.280 bits per heavy atom. The Bertz CT molecular complexity index is 3820. The van der Waals surface area contributed by atoms with Gasteiger partial charge in [-0.15, -0.1) is 0 Å². The summed E-state index contributed by atoms with van der Waals surface area (Å²) in [4.78, 5) is 10.8. The fourth-order valence-electron chi connectivity index (χ4n) is 10.6. The van der Waals surface area contributed by atoms with Crippen molar-refractivity contribution in [2.24, 2.45) is 0 Å². The number of aromatic nitrogens is 3. The first-order valence-corrected chi connectivity index (χ1v) is 26.1. The summed E-state index contributed by atoms with van der Waals surface area (Å²) in [6, 6.07) is 90.6. The van der Waals surface area contributed by atoms with Crippen molar-refractivity contribution >= 4 is 21.8 Å². The fourth-order valence-corrected chi connectivity index (χ4v) is 10.6. The van der Waals surface area contributed by atoms with E-state index in [-0.39, 0.29) is 10.8 Å². The van der Waals surface area contributed by atoms with Crippen LogP contribution in [-0.2, 0) is 10.8 Å². The molecule has 0 atom stereocenters. The van der Waals surface area contributed by atoms with E-state index in [9.17, 15) is 0 Å². The lowest BCUT2D eigenvalue weighted by molar-refractivity contribution is 0.590. The molecule has 0 aliphatic carbocycles. The number of benzene rings is 10. The molecule has 0 aliphatic rings. The van der Waals surface area contributed by atoms with Gasteiger partial charge in [0.15, 0.2) is 5.82 Å². The summed E-state index contributed by atoms with van der Waals surface area (Å²) in [6.07, 6.45) is 0. The predicted molar refractivity (Wildman–Crippen MR) is 317 cm³/mol. The molecule has 0 bridgehead atoms. The third kappa shape index (κ3) is 9.28. The average molecular weight is 966 g/mol. The van der Waals surface area contributed by atoms with Crippen molar-refractivity contribution in [3.05, 3.63) is 260 Å². The van der Waals surface area contributed by atoms with Crippen LogP contribution in [0.1, 0.15) is 52.7 Å². The molecule has 75 heavy (non-hydrogen) atoms. The van der Waals surface area contributed by atoms with Crippen molar-refractivity contribution in [1.29, 1.82) is 0 Å². The van der Waals surface area contributed by atoms with Gasteiger partial charge >= 0.3 is 0 Å². The lowest BCUT2D eigenvalue weighted by atomic mass is 9.84. The molecule has 2 heterocycles. The van der Waals surface area contributed by atoms with E-state index in [1.807, 2.05) is 0 Å². The minimum absolute atomic E-state index is 0.0204. The molecule has 12 rings (SSSR count). The highest BCUT2D eigenvalue weighted by Crippen LogP contribution is 2.46. The van der Waals surface area contributed by atoms with Crippen molar-refractivity contribution in [2.75, 3.05) is 0 Å². The van der Waals surface area contributed by atoms with E-state index < -0.39 is 0 Å². The van der Waals surface area contributed by atoms with Gasteiger partial charge in [-0.05, 0) is 109 Å². The van der Waals surface area contributed by atoms with Gasteiger partial charge in [0.1, 0.15) is 0 Å². The number of nitrogens with zero attached hydrogens (tertiary/aromatic N) is 3. The van der Waals surface area contributed by atoms with Crippen LogP contribution in [0, 0.1) is 0 Å². The Kier molecular flexibility index (Phi) is 12.0. The van der Waals surface area contributed by atoms with Gasteiger partial charge in [-0.3, -0.25) is 0 Å². The molecule has 0 amide bonds. The minimum Gasteiger partial charge on any atom is -0.308 e. The highest BCUT2D eigenvalue weighted by atomic mass is 15.0. The second-order valence-electron chi connectivity index (χ2n) is 21.9. The first kappa shape index (κ1) is 47.1. The normalized spacial score (nSPS) is 11.9. The zero-order valence-electron chi connectivity index (χ0n) is 43.5. The standard InChI is InChI=1S/C72H59N3/c1-71(2,3)59-37-31-52(32-38-59)61-45-58(66-47-65(54-25-17-10-18-26-54)73-70(74-66)55-29-27-51(28-30-55)48-19-11-7-12-20-48)46-62(53-33-39-60(40-34-53)72(4,5)6)69(61)75-67-41-35-56(49-21-13-8-14-22-49)43-63(67)64-44-57(36-42-68(64)75)50-23-15-9-16-24-50/h7-47H,1-6H3. The highest BCUT2D eigenvalue weighted by Gasteiger charge is 2.25. The van der Waals surface area contributed by atoms with E-state index in [4.69, 9.17) is 9.97 Å². The third-order valence-electron chi connectivity index (χ3n) is 14.8. The molecular formula is C72H59N3. The van der Waals surface area contributed by atoms with Crippen molar-refractivity contribution < 1.29 is 0 Å². The number of hydrogen-bond acceptors (Lipinski definition) is 2. The summed E-state index contributed by atoms with van der Waals surface area (Å²) in [5, 5.41) is 2.39. The molecule has 0 saturated carbocycles. The SMILES string of the molecule is CC(C)(C)c1ccc(-c2cc(-c3cc(-c4ccccc4)nc(-c4ccc(-c5ccccc5)cc4)n3)cc(-c3ccc(C(C)(C)C)cc3)c2-n2c3ccc(-c4ccccc4)cc3c3cc(-c4ccccc4)ccc32)cc1. The summed E-state index contributed by atoms with van der Waals surface area (Å²) in [5.41, 5.74) is 22.1. The molecule has 0 N–H and O–H groups in total. The zero-order chi connectivity index (χ0) is 51.3. The van der Waals surface area contributed by atoms with Crippen molar-refractivity contribution in [2.45, 2.75) is 52.4 Å². The maximum atomic E-state index is 5.52. The average Bonchev–Trinajstić information content (AvgIpc) is 3.79. The van der Waals surface area contributed by atoms with E-state index in [2.05, 4.69) is 295 Å². The van der Waals surface area contributed by atoms with Crippen molar-refractivity contribution in [1.82, 2.24) is 14.5 Å². The summed E-state index contributed by atoms with van der Waals surface area (Å²) in [5.74, 6) is 0.674. The number of rotatable bonds is 9. The third-order valence-corrected chi connectivity index (χ3v) is 14.8.